The minimum absolute atomic E-state index is 0.0262. The number of carbonyl (C=O) groups excluding carboxylic acids is 1. The summed E-state index contributed by atoms with van der Waals surface area (Å²) in [5, 5.41) is 0.649. The molecule has 1 atom stereocenters. The van der Waals surface area contributed by atoms with Gasteiger partial charge in [0, 0.05) is 20.9 Å². The van der Waals surface area contributed by atoms with E-state index in [0.29, 0.717) is 5.02 Å². The number of hydrogen-bond donors (Lipinski definition) is 0. The molecule has 2 aliphatic rings. The molecule has 4 heteroatoms. The van der Waals surface area contributed by atoms with E-state index < -0.39 is 0 Å². The van der Waals surface area contributed by atoms with Gasteiger partial charge in [0.1, 0.15) is 0 Å². The minimum atomic E-state index is -0.0269. The highest BCUT2D eigenvalue weighted by molar-refractivity contribution is 7.99. The molecule has 0 bridgehead atoms. The quantitative estimate of drug-likeness (QED) is 0.693. The van der Waals surface area contributed by atoms with Crippen LogP contribution in [0.15, 0.2) is 63.9 Å². The first-order chi connectivity index (χ1) is 10.1. The van der Waals surface area contributed by atoms with Crippen LogP contribution in [0.1, 0.15) is 18.5 Å². The van der Waals surface area contributed by atoms with Crippen molar-refractivity contribution in [2.24, 2.45) is 0 Å². The topological polar surface area (TPSA) is 20.3 Å². The van der Waals surface area contributed by atoms with Gasteiger partial charge in [-0.25, -0.2) is 0 Å². The Bertz CT molecular complexity index is 799. The summed E-state index contributed by atoms with van der Waals surface area (Å²) >= 11 is 7.84. The summed E-state index contributed by atoms with van der Waals surface area (Å²) in [5.74, 6) is 0.0262. The highest BCUT2D eigenvalue weighted by Gasteiger charge is 2.37. The molecule has 4 rings (SSSR count). The molecule has 0 saturated heterocycles. The number of nitrogens with zero attached hydrogens (tertiary/aromatic N) is 1. The predicted molar refractivity (Wildman–Crippen MR) is 86.0 cm³/mol. The molecule has 0 spiro atoms. The number of carbonyl (C=O) groups is 1. The number of fused-ring (bicyclic) bond motifs is 5. The molecule has 0 N–H and O–H groups in total. The van der Waals surface area contributed by atoms with E-state index in [2.05, 4.69) is 12.1 Å². The molecular formula is C17H12ClNOS. The van der Waals surface area contributed by atoms with Gasteiger partial charge in [-0.3, -0.25) is 9.69 Å². The van der Waals surface area contributed by atoms with Gasteiger partial charge in [0.05, 0.1) is 11.7 Å². The Kier molecular flexibility index (Phi) is 2.88. The predicted octanol–water partition coefficient (Wildman–Crippen LogP) is 4.84. The van der Waals surface area contributed by atoms with Crippen LogP contribution in [0.3, 0.4) is 0 Å². The van der Waals surface area contributed by atoms with Crippen LogP contribution >= 0.6 is 23.4 Å². The Morgan fingerprint density at radius 3 is 2.81 bits per heavy atom. The highest BCUT2D eigenvalue weighted by atomic mass is 35.5. The Morgan fingerprint density at radius 2 is 1.95 bits per heavy atom. The molecule has 0 radical (unpaired) electrons. The van der Waals surface area contributed by atoms with Crippen LogP contribution < -0.4 is 4.90 Å². The maximum Gasteiger partial charge on any atom is 0.251 e. The Balaban J connectivity index is 2.02. The molecule has 2 aromatic rings. The van der Waals surface area contributed by atoms with Crippen molar-refractivity contribution in [3.05, 3.63) is 64.7 Å². The molecule has 0 fully saturated rings. The smallest absolute Gasteiger partial charge is 0.251 e. The molecule has 2 heterocycles. The highest BCUT2D eigenvalue weighted by Crippen LogP contribution is 2.50. The van der Waals surface area contributed by atoms with E-state index in [1.165, 1.54) is 10.5 Å². The van der Waals surface area contributed by atoms with Crippen molar-refractivity contribution in [2.45, 2.75) is 22.8 Å². The van der Waals surface area contributed by atoms with E-state index >= 15 is 0 Å². The lowest BCUT2D eigenvalue weighted by molar-refractivity contribution is -0.113. The van der Waals surface area contributed by atoms with E-state index in [4.69, 9.17) is 11.6 Å². The van der Waals surface area contributed by atoms with Crippen LogP contribution in [0.4, 0.5) is 5.69 Å². The van der Waals surface area contributed by atoms with Gasteiger partial charge in [0.15, 0.2) is 0 Å². The molecule has 2 aromatic carbocycles. The van der Waals surface area contributed by atoms with Gasteiger partial charge in [-0.15, -0.1) is 0 Å². The van der Waals surface area contributed by atoms with Gasteiger partial charge in [-0.05, 0) is 42.3 Å². The summed E-state index contributed by atoms with van der Waals surface area (Å²) < 4.78 is 0. The second-order valence-electron chi connectivity index (χ2n) is 5.25. The number of amides is 1. The first kappa shape index (κ1) is 13.0. The second kappa shape index (κ2) is 4.65. The lowest BCUT2D eigenvalue weighted by atomic mass is 10.0. The molecule has 0 aromatic heterocycles. The standard InChI is InChI=1S/C17H12ClNOS/c1-10-8-16(20)19-13-9-11(18)6-7-15(13)21-14-5-3-2-4-12(14)17(10)19/h2-9,17H,1H3. The molecule has 0 saturated carbocycles. The SMILES string of the molecule is CC1=CC(=O)N2c3cc(Cl)ccc3Sc3ccccc3C12. The third-order valence-corrected chi connectivity index (χ3v) is 5.28. The largest absolute Gasteiger partial charge is 0.296 e. The molecule has 1 unspecified atom stereocenters. The summed E-state index contributed by atoms with van der Waals surface area (Å²) in [6, 6.07) is 14.0. The number of rotatable bonds is 0. The van der Waals surface area contributed by atoms with Crippen molar-refractivity contribution >= 4 is 35.0 Å². The lowest BCUT2D eigenvalue weighted by Crippen LogP contribution is -2.28. The number of anilines is 1. The minimum Gasteiger partial charge on any atom is -0.296 e. The normalized spacial score (nSPS) is 19.5. The van der Waals surface area contributed by atoms with Crippen LogP contribution in [-0.2, 0) is 4.79 Å². The van der Waals surface area contributed by atoms with E-state index in [1.54, 1.807) is 17.8 Å². The second-order valence-corrected chi connectivity index (χ2v) is 6.77. The average Bonchev–Trinajstić information content (AvgIpc) is 2.67. The Hall–Kier alpha value is -1.71. The zero-order valence-corrected chi connectivity index (χ0v) is 12.9. The number of benzene rings is 2. The average molecular weight is 314 g/mol. The first-order valence-electron chi connectivity index (χ1n) is 6.73. The molecule has 21 heavy (non-hydrogen) atoms. The fourth-order valence-corrected chi connectivity index (χ4v) is 4.24. The van der Waals surface area contributed by atoms with Crippen molar-refractivity contribution in [3.8, 4) is 0 Å². The van der Waals surface area contributed by atoms with Crippen molar-refractivity contribution in [2.75, 3.05) is 4.90 Å². The maximum absolute atomic E-state index is 12.5. The van der Waals surface area contributed by atoms with Gasteiger partial charge in [0.2, 0.25) is 0 Å². The van der Waals surface area contributed by atoms with Gasteiger partial charge < -0.3 is 0 Å². The monoisotopic (exact) mass is 313 g/mol. The molecule has 2 nitrogen and oxygen atoms in total. The summed E-state index contributed by atoms with van der Waals surface area (Å²) in [4.78, 5) is 16.6. The van der Waals surface area contributed by atoms with Crippen molar-refractivity contribution in [1.29, 1.82) is 0 Å². The molecule has 0 aliphatic carbocycles. The van der Waals surface area contributed by atoms with E-state index in [1.807, 2.05) is 42.2 Å². The fourth-order valence-electron chi connectivity index (χ4n) is 3.00. The molecule has 104 valence electrons. The summed E-state index contributed by atoms with van der Waals surface area (Å²) in [6.07, 6.45) is 1.72. The van der Waals surface area contributed by atoms with Gasteiger partial charge in [0.25, 0.3) is 5.91 Å². The zero-order chi connectivity index (χ0) is 14.6. The summed E-state index contributed by atoms with van der Waals surface area (Å²) in [6.45, 7) is 2.01. The van der Waals surface area contributed by atoms with Crippen LogP contribution in [0.5, 0.6) is 0 Å². The zero-order valence-electron chi connectivity index (χ0n) is 11.3. The third-order valence-electron chi connectivity index (χ3n) is 3.89. The van der Waals surface area contributed by atoms with Gasteiger partial charge in [-0.1, -0.05) is 41.6 Å². The first-order valence-corrected chi connectivity index (χ1v) is 7.92. The lowest BCUT2D eigenvalue weighted by Gasteiger charge is -2.26. The van der Waals surface area contributed by atoms with Gasteiger partial charge >= 0.3 is 0 Å². The number of halogens is 1. The van der Waals surface area contributed by atoms with Crippen molar-refractivity contribution in [1.82, 2.24) is 0 Å². The van der Waals surface area contributed by atoms with Gasteiger partial charge in [-0.2, -0.15) is 0 Å². The third kappa shape index (κ3) is 1.92. The van der Waals surface area contributed by atoms with E-state index in [9.17, 15) is 4.79 Å². The Labute approximate surface area is 132 Å². The summed E-state index contributed by atoms with van der Waals surface area (Å²) in [7, 11) is 0. The van der Waals surface area contributed by atoms with Crippen LogP contribution in [0, 0.1) is 0 Å². The Morgan fingerprint density at radius 1 is 1.14 bits per heavy atom. The maximum atomic E-state index is 12.5. The van der Waals surface area contributed by atoms with Crippen molar-refractivity contribution < 1.29 is 4.79 Å². The van der Waals surface area contributed by atoms with Crippen LogP contribution in [0.25, 0.3) is 0 Å². The fraction of sp³-hybridized carbons (Fsp3) is 0.118. The molecular weight excluding hydrogens is 302 g/mol. The van der Waals surface area contributed by atoms with Crippen LogP contribution in [-0.4, -0.2) is 5.91 Å². The summed E-state index contributed by atoms with van der Waals surface area (Å²) in [5.41, 5.74) is 3.14. The molecule has 2 aliphatic heterocycles. The van der Waals surface area contributed by atoms with E-state index in [-0.39, 0.29) is 11.9 Å². The van der Waals surface area contributed by atoms with Crippen molar-refractivity contribution in [3.63, 3.8) is 0 Å². The van der Waals surface area contributed by atoms with Crippen LogP contribution in [0.2, 0.25) is 5.02 Å². The number of hydrogen-bond acceptors (Lipinski definition) is 2. The van der Waals surface area contributed by atoms with E-state index in [0.717, 1.165) is 16.2 Å². The molecule has 1 amide bonds.